The number of nitrogens with zero attached hydrogens (tertiary/aromatic N) is 3. The van der Waals surface area contributed by atoms with E-state index in [-0.39, 0.29) is 29.2 Å². The molecule has 0 radical (unpaired) electrons. The minimum absolute atomic E-state index is 0.0429. The molecule has 1 aromatic carbocycles. The lowest BCUT2D eigenvalue weighted by Crippen LogP contribution is -2.41. The van der Waals surface area contributed by atoms with Gasteiger partial charge in [-0.15, -0.1) is 0 Å². The number of hydrogen-bond acceptors (Lipinski definition) is 9. The topological polar surface area (TPSA) is 213 Å². The first-order valence-electron chi connectivity index (χ1n) is 9.76. The largest absolute Gasteiger partial charge is 0.481 e. The maximum absolute atomic E-state index is 12.3. The monoisotopic (exact) mass is 442 g/mol. The molecule has 1 amide bonds. The third-order valence-electron chi connectivity index (χ3n) is 4.24. The standard InChI is InChI=1S/C19H19N7O6/c20-19-25-15-14(17(30)26-19)23-11(8-22-15)7-21-10-3-1-9(2-4-10)16(29)24-12(18(31)32)5-6-13(27)28/h1-4,8,12,21H,5-7H2,(H,24,29)(H,27,28)(H,31,32)(H3,20,22,25,26,30)/i6D. The molecule has 3 rings (SSSR count). The van der Waals surface area contributed by atoms with Gasteiger partial charge in [-0.2, -0.15) is 4.98 Å². The number of rotatable bonds is 9. The van der Waals surface area contributed by atoms with Crippen LogP contribution in [0.1, 0.15) is 30.2 Å². The highest BCUT2D eigenvalue weighted by molar-refractivity contribution is 5.96. The van der Waals surface area contributed by atoms with Crippen LogP contribution in [0.4, 0.5) is 11.6 Å². The van der Waals surface area contributed by atoms with Crippen molar-refractivity contribution in [1.82, 2.24) is 25.3 Å². The number of aromatic nitrogens is 4. The Labute approximate surface area is 181 Å². The second-order valence-electron chi connectivity index (χ2n) is 6.56. The minimum atomic E-state index is -1.68. The van der Waals surface area contributed by atoms with E-state index < -0.39 is 42.3 Å². The number of carbonyl (C=O) groups is 3. The third-order valence-corrected chi connectivity index (χ3v) is 4.24. The van der Waals surface area contributed by atoms with Gasteiger partial charge in [0.15, 0.2) is 11.2 Å². The number of nitrogen functional groups attached to an aromatic ring is 1. The Bertz CT molecular complexity index is 1260. The summed E-state index contributed by atoms with van der Waals surface area (Å²) in [6.45, 7) is 0.208. The van der Waals surface area contributed by atoms with Crippen LogP contribution in [-0.4, -0.2) is 54.0 Å². The summed E-state index contributed by atoms with van der Waals surface area (Å²) < 4.78 is 7.35. The molecule has 166 valence electrons. The first kappa shape index (κ1) is 20.7. The molecular formula is C19H19N7O6. The van der Waals surface area contributed by atoms with Gasteiger partial charge in [-0.3, -0.25) is 19.4 Å². The van der Waals surface area contributed by atoms with Gasteiger partial charge < -0.3 is 26.6 Å². The molecule has 13 nitrogen and oxygen atoms in total. The molecule has 7 N–H and O–H groups in total. The molecule has 0 spiro atoms. The second kappa shape index (κ2) is 9.51. The van der Waals surface area contributed by atoms with Crippen molar-refractivity contribution in [2.24, 2.45) is 0 Å². The summed E-state index contributed by atoms with van der Waals surface area (Å²) in [6, 6.07) is 4.50. The van der Waals surface area contributed by atoms with E-state index >= 15 is 0 Å². The van der Waals surface area contributed by atoms with Crippen molar-refractivity contribution < 1.29 is 26.0 Å². The van der Waals surface area contributed by atoms with Crippen LogP contribution in [-0.2, 0) is 16.1 Å². The van der Waals surface area contributed by atoms with Gasteiger partial charge in [0.2, 0.25) is 5.95 Å². The summed E-state index contributed by atoms with van der Waals surface area (Å²) in [5.41, 5.74) is 6.32. The van der Waals surface area contributed by atoms with Gasteiger partial charge in [-0.05, 0) is 30.7 Å². The molecule has 32 heavy (non-hydrogen) atoms. The molecule has 2 unspecified atom stereocenters. The number of nitrogens with two attached hydrogens (primary N) is 1. The number of fused-ring (bicyclic) bond motifs is 1. The number of amides is 1. The predicted molar refractivity (Wildman–Crippen MR) is 112 cm³/mol. The van der Waals surface area contributed by atoms with E-state index in [0.29, 0.717) is 11.4 Å². The number of hydrogen-bond donors (Lipinski definition) is 6. The molecule has 0 fully saturated rings. The minimum Gasteiger partial charge on any atom is -0.481 e. The maximum Gasteiger partial charge on any atom is 0.326 e. The van der Waals surface area contributed by atoms with Gasteiger partial charge in [0.25, 0.3) is 11.5 Å². The van der Waals surface area contributed by atoms with Crippen LogP contribution in [0.25, 0.3) is 11.2 Å². The summed E-state index contributed by atoms with van der Waals surface area (Å²) in [4.78, 5) is 60.8. The van der Waals surface area contributed by atoms with Crippen LogP contribution in [0, 0.1) is 0 Å². The van der Waals surface area contributed by atoms with E-state index in [0.717, 1.165) is 0 Å². The van der Waals surface area contributed by atoms with Gasteiger partial charge in [0.1, 0.15) is 6.04 Å². The van der Waals surface area contributed by atoms with Crippen LogP contribution >= 0.6 is 0 Å². The van der Waals surface area contributed by atoms with Crippen molar-refractivity contribution >= 4 is 40.6 Å². The lowest BCUT2D eigenvalue weighted by Gasteiger charge is -2.14. The molecule has 0 aliphatic heterocycles. The maximum atomic E-state index is 12.3. The first-order valence-corrected chi connectivity index (χ1v) is 9.18. The molecule has 13 heteroatoms. The fraction of sp³-hybridized carbons (Fsp3) is 0.211. The average Bonchev–Trinajstić information content (AvgIpc) is 2.77. The summed E-state index contributed by atoms with van der Waals surface area (Å²) in [5, 5.41) is 23.2. The van der Waals surface area contributed by atoms with Crippen LogP contribution in [0.3, 0.4) is 0 Å². The Morgan fingerprint density at radius 1 is 1.19 bits per heavy atom. The van der Waals surface area contributed by atoms with E-state index in [1.165, 1.54) is 18.3 Å². The van der Waals surface area contributed by atoms with E-state index in [4.69, 9.17) is 12.2 Å². The highest BCUT2D eigenvalue weighted by atomic mass is 16.4. The van der Waals surface area contributed by atoms with E-state index in [1.807, 2.05) is 0 Å². The van der Waals surface area contributed by atoms with Crippen molar-refractivity contribution in [2.75, 3.05) is 11.1 Å². The quantitative estimate of drug-likeness (QED) is 0.258. The molecule has 2 atom stereocenters. The van der Waals surface area contributed by atoms with E-state index in [2.05, 4.69) is 30.6 Å². The summed E-state index contributed by atoms with van der Waals surface area (Å²) >= 11 is 0. The number of nitrogens with one attached hydrogen (secondary N) is 3. The number of anilines is 2. The number of aliphatic carboxylic acids is 2. The summed E-state index contributed by atoms with van der Waals surface area (Å²) in [5.74, 6) is -3.70. The molecule has 0 saturated heterocycles. The molecule has 0 bridgehead atoms. The van der Waals surface area contributed by atoms with E-state index in [9.17, 15) is 24.3 Å². The summed E-state index contributed by atoms with van der Waals surface area (Å²) in [6.07, 6.45) is -0.820. The number of benzene rings is 1. The molecule has 0 aliphatic rings. The van der Waals surface area contributed by atoms with Gasteiger partial charge in [-0.1, -0.05) is 0 Å². The Hall–Kier alpha value is -4.55. The van der Waals surface area contributed by atoms with Crippen molar-refractivity contribution in [2.45, 2.75) is 25.4 Å². The lowest BCUT2D eigenvalue weighted by molar-refractivity contribution is -0.140. The van der Waals surface area contributed by atoms with E-state index in [1.54, 1.807) is 12.1 Å². The normalized spacial score (nSPS) is 13.1. The van der Waals surface area contributed by atoms with Crippen molar-refractivity contribution in [3.05, 3.63) is 52.1 Å². The van der Waals surface area contributed by atoms with Crippen molar-refractivity contribution in [3.63, 3.8) is 0 Å². The number of carboxylic acids is 2. The Kier molecular flexibility index (Phi) is 6.15. The van der Waals surface area contributed by atoms with Crippen LogP contribution in [0.5, 0.6) is 0 Å². The first-order chi connectivity index (χ1) is 15.6. The lowest BCUT2D eigenvalue weighted by atomic mass is 10.1. The van der Waals surface area contributed by atoms with Crippen LogP contribution in [0.15, 0.2) is 35.3 Å². The molecule has 2 heterocycles. The number of H-pyrrole nitrogens is 1. The zero-order valence-corrected chi connectivity index (χ0v) is 16.4. The van der Waals surface area contributed by atoms with Gasteiger partial charge in [-0.25, -0.2) is 14.8 Å². The molecule has 2 aromatic heterocycles. The number of aromatic amines is 1. The number of carboxylic acid groups (broad SMARTS) is 2. The highest BCUT2D eigenvalue weighted by Gasteiger charge is 2.21. The molecule has 0 saturated carbocycles. The van der Waals surface area contributed by atoms with Crippen LogP contribution < -0.4 is 21.9 Å². The number of carbonyl (C=O) groups excluding carboxylic acids is 1. The van der Waals surface area contributed by atoms with Crippen molar-refractivity contribution in [1.29, 1.82) is 0 Å². The highest BCUT2D eigenvalue weighted by Crippen LogP contribution is 2.12. The fourth-order valence-corrected chi connectivity index (χ4v) is 2.67. The SMILES string of the molecule is [2H]C(CC(NC(=O)c1ccc(NCc2cnc3nc(N)[nH]c(=O)c3n2)cc1)C(=O)O)C(=O)O. The molecular weight excluding hydrogens is 422 g/mol. The molecule has 0 aliphatic carbocycles. The van der Waals surface area contributed by atoms with Gasteiger partial charge in [0, 0.05) is 19.0 Å². The zero-order chi connectivity index (χ0) is 24.1. The zero-order valence-electron chi connectivity index (χ0n) is 17.4. The fourth-order valence-electron chi connectivity index (χ4n) is 2.67. The Morgan fingerprint density at radius 3 is 2.56 bits per heavy atom. The average molecular weight is 442 g/mol. The smallest absolute Gasteiger partial charge is 0.326 e. The third kappa shape index (κ3) is 5.53. The van der Waals surface area contributed by atoms with Gasteiger partial charge >= 0.3 is 11.9 Å². The van der Waals surface area contributed by atoms with Crippen molar-refractivity contribution in [3.8, 4) is 0 Å². The second-order valence-corrected chi connectivity index (χ2v) is 6.56. The Balaban J connectivity index is 1.63. The Morgan fingerprint density at radius 2 is 1.91 bits per heavy atom. The van der Waals surface area contributed by atoms with Crippen LogP contribution in [0.2, 0.25) is 0 Å². The molecule has 3 aromatic rings. The van der Waals surface area contributed by atoms with Gasteiger partial charge in [0.05, 0.1) is 18.4 Å². The summed E-state index contributed by atoms with van der Waals surface area (Å²) in [7, 11) is 0. The predicted octanol–water partition coefficient (Wildman–Crippen LogP) is -0.0448.